The number of β-amino-alcohol motifs (C(OH)–C–C–N with tert-alkyl or cyclic N) is 1. The number of piperazine rings is 1. The second-order valence-corrected chi connectivity index (χ2v) is 5.07. The van der Waals surface area contributed by atoms with Crippen molar-refractivity contribution in [3.05, 3.63) is 16.8 Å². The lowest BCUT2D eigenvalue weighted by Crippen LogP contribution is -2.48. The molecular formula is C13H22N6O. The second-order valence-electron chi connectivity index (χ2n) is 5.07. The molecule has 0 aromatic carbocycles. The molecule has 20 heavy (non-hydrogen) atoms. The second kappa shape index (κ2) is 6.15. The topological polar surface area (TPSA) is 102 Å². The molecule has 0 radical (unpaired) electrons. The van der Waals surface area contributed by atoms with Gasteiger partial charge in [-0.2, -0.15) is 5.10 Å². The molecule has 1 aromatic rings. The fourth-order valence-electron chi connectivity index (χ4n) is 2.46. The Kier molecular flexibility index (Phi) is 4.51. The van der Waals surface area contributed by atoms with Crippen LogP contribution in [0.5, 0.6) is 0 Å². The number of hydrogen-bond donors (Lipinski definition) is 3. The van der Waals surface area contributed by atoms with E-state index in [4.69, 9.17) is 16.2 Å². The highest BCUT2D eigenvalue weighted by atomic mass is 16.3. The number of aliphatic hydroxyl groups excluding tert-OH is 1. The number of amidine groups is 1. The van der Waals surface area contributed by atoms with Gasteiger partial charge in [-0.3, -0.25) is 10.3 Å². The molecule has 1 fully saturated rings. The summed E-state index contributed by atoms with van der Waals surface area (Å²) >= 11 is 0. The maximum Gasteiger partial charge on any atom is 0.162 e. The molecule has 0 aliphatic carbocycles. The Bertz CT molecular complexity index is 496. The van der Waals surface area contributed by atoms with Crippen LogP contribution < -0.4 is 10.6 Å². The molecule has 2 heterocycles. The highest BCUT2D eigenvalue weighted by molar-refractivity contribution is 6.01. The third-order valence-electron chi connectivity index (χ3n) is 3.79. The van der Waals surface area contributed by atoms with E-state index in [1.165, 1.54) is 0 Å². The maximum absolute atomic E-state index is 8.96. The minimum atomic E-state index is 0.0355. The lowest BCUT2D eigenvalue weighted by atomic mass is 10.1. The van der Waals surface area contributed by atoms with Gasteiger partial charge in [0.15, 0.2) is 5.82 Å². The highest BCUT2D eigenvalue weighted by Gasteiger charge is 2.23. The van der Waals surface area contributed by atoms with E-state index in [9.17, 15) is 0 Å². The Morgan fingerprint density at radius 2 is 1.90 bits per heavy atom. The van der Waals surface area contributed by atoms with Crippen molar-refractivity contribution in [1.82, 2.24) is 15.1 Å². The summed E-state index contributed by atoms with van der Waals surface area (Å²) in [7, 11) is 0. The molecule has 1 saturated heterocycles. The Balaban J connectivity index is 2.22. The van der Waals surface area contributed by atoms with Crippen molar-refractivity contribution >= 4 is 11.7 Å². The summed E-state index contributed by atoms with van der Waals surface area (Å²) in [6, 6.07) is 0. The monoisotopic (exact) mass is 278 g/mol. The number of aryl methyl sites for hydroxylation is 1. The van der Waals surface area contributed by atoms with E-state index in [0.29, 0.717) is 17.9 Å². The van der Waals surface area contributed by atoms with Gasteiger partial charge >= 0.3 is 0 Å². The first-order valence-electron chi connectivity index (χ1n) is 6.81. The zero-order valence-corrected chi connectivity index (χ0v) is 12.1. The number of aliphatic hydroxyl groups is 1. The van der Waals surface area contributed by atoms with Crippen molar-refractivity contribution in [2.24, 2.45) is 5.73 Å². The highest BCUT2D eigenvalue weighted by Crippen LogP contribution is 2.22. The van der Waals surface area contributed by atoms with Crippen LogP contribution in [0.15, 0.2) is 0 Å². The summed E-state index contributed by atoms with van der Waals surface area (Å²) in [5.74, 6) is 0.734. The number of aromatic nitrogens is 2. The van der Waals surface area contributed by atoms with Crippen LogP contribution in [0.1, 0.15) is 16.8 Å². The van der Waals surface area contributed by atoms with Crippen molar-refractivity contribution in [2.45, 2.75) is 13.8 Å². The first-order valence-corrected chi connectivity index (χ1v) is 6.81. The Morgan fingerprint density at radius 3 is 2.45 bits per heavy atom. The number of rotatable bonds is 4. The fraction of sp³-hybridized carbons (Fsp3) is 0.615. The lowest BCUT2D eigenvalue weighted by Gasteiger charge is -2.35. The van der Waals surface area contributed by atoms with E-state index in [1.54, 1.807) is 0 Å². The summed E-state index contributed by atoms with van der Waals surface area (Å²) in [5.41, 5.74) is 8.12. The molecule has 1 aliphatic heterocycles. The summed E-state index contributed by atoms with van der Waals surface area (Å²) in [6.45, 7) is 8.02. The molecule has 0 unspecified atom stereocenters. The van der Waals surface area contributed by atoms with Gasteiger partial charge < -0.3 is 15.7 Å². The molecule has 7 heteroatoms. The Hall–Kier alpha value is -1.73. The van der Waals surface area contributed by atoms with Gasteiger partial charge in [0.1, 0.15) is 5.84 Å². The Labute approximate surface area is 118 Å². The molecule has 2 rings (SSSR count). The summed E-state index contributed by atoms with van der Waals surface area (Å²) in [5, 5.41) is 25.1. The van der Waals surface area contributed by atoms with Crippen molar-refractivity contribution in [3.8, 4) is 0 Å². The van der Waals surface area contributed by atoms with Crippen molar-refractivity contribution < 1.29 is 5.11 Å². The van der Waals surface area contributed by atoms with E-state index >= 15 is 0 Å². The quantitative estimate of drug-likeness (QED) is 0.506. The standard InChI is InChI=1S/C13H22N6O/c1-9-10(2)16-17-13(11(9)12(14)15)19-5-3-18(4-6-19)7-8-20/h20H,3-8H2,1-2H3,(H3,14,15). The summed E-state index contributed by atoms with van der Waals surface area (Å²) in [6.07, 6.45) is 0. The molecule has 0 bridgehead atoms. The van der Waals surface area contributed by atoms with E-state index in [1.807, 2.05) is 13.8 Å². The van der Waals surface area contributed by atoms with Crippen LogP contribution in [0, 0.1) is 19.3 Å². The van der Waals surface area contributed by atoms with Gasteiger partial charge in [-0.1, -0.05) is 0 Å². The van der Waals surface area contributed by atoms with Gasteiger partial charge in [0.2, 0.25) is 0 Å². The molecule has 110 valence electrons. The molecule has 4 N–H and O–H groups in total. The summed E-state index contributed by atoms with van der Waals surface area (Å²) in [4.78, 5) is 4.32. The third kappa shape index (κ3) is 2.88. The zero-order chi connectivity index (χ0) is 14.7. The van der Waals surface area contributed by atoms with Gasteiger partial charge in [0.25, 0.3) is 0 Å². The van der Waals surface area contributed by atoms with Gasteiger partial charge in [0.05, 0.1) is 17.9 Å². The predicted octanol–water partition coefficient (Wildman–Crippen LogP) is -0.508. The number of nitrogens with two attached hydrogens (primary N) is 1. The normalized spacial score (nSPS) is 16.4. The number of nitrogens with one attached hydrogen (secondary N) is 1. The van der Waals surface area contributed by atoms with E-state index in [0.717, 1.165) is 37.4 Å². The van der Waals surface area contributed by atoms with Crippen LogP contribution in [0.4, 0.5) is 5.82 Å². The molecule has 0 spiro atoms. The molecule has 0 atom stereocenters. The van der Waals surface area contributed by atoms with Crippen LogP contribution in [0.25, 0.3) is 0 Å². The molecule has 7 nitrogen and oxygen atoms in total. The maximum atomic E-state index is 8.96. The van der Waals surface area contributed by atoms with E-state index in [-0.39, 0.29) is 12.4 Å². The SMILES string of the molecule is Cc1nnc(N2CCN(CCO)CC2)c(C(=N)N)c1C. The van der Waals surface area contributed by atoms with Crippen LogP contribution >= 0.6 is 0 Å². The average molecular weight is 278 g/mol. The minimum Gasteiger partial charge on any atom is -0.395 e. The number of hydrogen-bond acceptors (Lipinski definition) is 6. The van der Waals surface area contributed by atoms with Crippen molar-refractivity contribution in [1.29, 1.82) is 5.41 Å². The van der Waals surface area contributed by atoms with Crippen LogP contribution in [-0.2, 0) is 0 Å². The zero-order valence-electron chi connectivity index (χ0n) is 12.1. The van der Waals surface area contributed by atoms with Crippen LogP contribution in [0.3, 0.4) is 0 Å². The first-order chi connectivity index (χ1) is 9.54. The van der Waals surface area contributed by atoms with Gasteiger partial charge in [-0.25, -0.2) is 0 Å². The number of nitrogen functional groups attached to an aromatic ring is 1. The molecular weight excluding hydrogens is 256 g/mol. The van der Waals surface area contributed by atoms with Crippen LogP contribution in [0.2, 0.25) is 0 Å². The molecule has 0 saturated carbocycles. The fourth-order valence-corrected chi connectivity index (χ4v) is 2.46. The average Bonchev–Trinajstić information content (AvgIpc) is 2.42. The van der Waals surface area contributed by atoms with Crippen molar-refractivity contribution in [2.75, 3.05) is 44.2 Å². The molecule has 1 aliphatic rings. The number of nitrogens with zero attached hydrogens (tertiary/aromatic N) is 4. The van der Waals surface area contributed by atoms with Crippen LogP contribution in [-0.4, -0.2) is 65.4 Å². The van der Waals surface area contributed by atoms with E-state index < -0.39 is 0 Å². The lowest BCUT2D eigenvalue weighted by molar-refractivity contribution is 0.188. The van der Waals surface area contributed by atoms with Gasteiger partial charge in [-0.15, -0.1) is 5.10 Å². The predicted molar refractivity (Wildman–Crippen MR) is 78.3 cm³/mol. The Morgan fingerprint density at radius 1 is 1.25 bits per heavy atom. The van der Waals surface area contributed by atoms with Gasteiger partial charge in [0, 0.05) is 32.7 Å². The smallest absolute Gasteiger partial charge is 0.162 e. The van der Waals surface area contributed by atoms with Crippen molar-refractivity contribution in [3.63, 3.8) is 0 Å². The molecule has 1 aromatic heterocycles. The number of anilines is 1. The molecule has 0 amide bonds. The minimum absolute atomic E-state index is 0.0355. The van der Waals surface area contributed by atoms with E-state index in [2.05, 4.69) is 20.0 Å². The van der Waals surface area contributed by atoms with Gasteiger partial charge in [-0.05, 0) is 19.4 Å². The first kappa shape index (κ1) is 14.7. The summed E-state index contributed by atoms with van der Waals surface area (Å²) < 4.78 is 0. The third-order valence-corrected chi connectivity index (χ3v) is 3.79. The largest absolute Gasteiger partial charge is 0.395 e.